The summed E-state index contributed by atoms with van der Waals surface area (Å²) in [6.45, 7) is 5.28. The molecule has 0 aromatic heterocycles. The molecule has 0 unspecified atom stereocenters. The van der Waals surface area contributed by atoms with E-state index in [4.69, 9.17) is 9.47 Å². The third-order valence-electron chi connectivity index (χ3n) is 3.48. The summed E-state index contributed by atoms with van der Waals surface area (Å²) in [4.78, 5) is 0. The van der Waals surface area contributed by atoms with Crippen molar-refractivity contribution in [2.45, 2.75) is 20.4 Å². The fraction of sp³-hybridized carbons (Fsp3) is 0.333. The molecule has 0 atom stereocenters. The summed E-state index contributed by atoms with van der Waals surface area (Å²) in [6, 6.07) is 12.4. The molecule has 0 saturated heterocycles. The van der Waals surface area contributed by atoms with Gasteiger partial charge in [0.1, 0.15) is 23.9 Å². The Morgan fingerprint density at radius 1 is 1.00 bits per heavy atom. The Hall–Kier alpha value is -2.20. The monoisotopic (exact) mass is 300 g/mol. The highest BCUT2D eigenvalue weighted by Crippen LogP contribution is 2.37. The summed E-state index contributed by atoms with van der Waals surface area (Å²) in [5, 5.41) is 6.43. The zero-order valence-electron chi connectivity index (χ0n) is 13.7. The Balaban J connectivity index is 2.22. The molecule has 2 aromatic rings. The Labute approximate surface area is 132 Å². The van der Waals surface area contributed by atoms with Crippen LogP contribution in [0.4, 0.5) is 5.69 Å². The lowest BCUT2D eigenvalue weighted by Gasteiger charge is -2.18. The maximum absolute atomic E-state index is 5.74. The Morgan fingerprint density at radius 3 is 2.36 bits per heavy atom. The fourth-order valence-corrected chi connectivity index (χ4v) is 2.27. The van der Waals surface area contributed by atoms with E-state index in [-0.39, 0.29) is 0 Å². The van der Waals surface area contributed by atoms with Gasteiger partial charge in [0, 0.05) is 6.54 Å². The van der Waals surface area contributed by atoms with E-state index in [1.165, 1.54) is 11.1 Å². The van der Waals surface area contributed by atoms with E-state index < -0.39 is 0 Å². The molecule has 0 fully saturated rings. The van der Waals surface area contributed by atoms with Crippen molar-refractivity contribution < 1.29 is 9.47 Å². The molecule has 2 rings (SSSR count). The zero-order valence-corrected chi connectivity index (χ0v) is 13.7. The van der Waals surface area contributed by atoms with E-state index in [0.717, 1.165) is 29.3 Å². The lowest BCUT2D eigenvalue weighted by atomic mass is 10.1. The second kappa shape index (κ2) is 7.71. The molecular weight excluding hydrogens is 276 g/mol. The van der Waals surface area contributed by atoms with Gasteiger partial charge in [-0.1, -0.05) is 35.9 Å². The minimum atomic E-state index is 0.450. The van der Waals surface area contributed by atoms with Crippen LogP contribution < -0.4 is 20.1 Å². The van der Waals surface area contributed by atoms with Gasteiger partial charge in [-0.2, -0.15) is 0 Å². The number of hydrogen-bond donors (Lipinski definition) is 2. The minimum absolute atomic E-state index is 0.450. The molecule has 0 saturated carbocycles. The van der Waals surface area contributed by atoms with Crippen LogP contribution in [0.5, 0.6) is 11.5 Å². The number of aryl methyl sites for hydroxylation is 2. The van der Waals surface area contributed by atoms with Crippen molar-refractivity contribution in [3.05, 3.63) is 53.1 Å². The number of hydrogen-bond acceptors (Lipinski definition) is 4. The molecule has 0 aliphatic rings. The van der Waals surface area contributed by atoms with E-state index in [9.17, 15) is 0 Å². The van der Waals surface area contributed by atoms with E-state index in [0.29, 0.717) is 6.73 Å². The van der Waals surface area contributed by atoms with Crippen LogP contribution in [0.15, 0.2) is 36.4 Å². The third-order valence-corrected chi connectivity index (χ3v) is 3.48. The van der Waals surface area contributed by atoms with Crippen molar-refractivity contribution >= 4 is 5.69 Å². The predicted octanol–water partition coefficient (Wildman–Crippen LogP) is 3.48. The molecule has 4 nitrogen and oxygen atoms in total. The molecule has 4 heteroatoms. The van der Waals surface area contributed by atoms with E-state index in [1.807, 2.05) is 26.1 Å². The van der Waals surface area contributed by atoms with Crippen molar-refractivity contribution in [3.63, 3.8) is 0 Å². The van der Waals surface area contributed by atoms with Crippen LogP contribution >= 0.6 is 0 Å². The van der Waals surface area contributed by atoms with Crippen molar-refractivity contribution in [3.8, 4) is 11.5 Å². The zero-order chi connectivity index (χ0) is 15.9. The maximum Gasteiger partial charge on any atom is 0.148 e. The normalized spacial score (nSPS) is 10.4. The van der Waals surface area contributed by atoms with Crippen molar-refractivity contribution in [2.75, 3.05) is 26.2 Å². The number of methoxy groups -OCH3 is 1. The Morgan fingerprint density at radius 2 is 1.73 bits per heavy atom. The number of rotatable bonds is 7. The van der Waals surface area contributed by atoms with Gasteiger partial charge in [-0.25, -0.2) is 0 Å². The second-order valence-electron chi connectivity index (χ2n) is 5.27. The topological polar surface area (TPSA) is 42.5 Å². The predicted molar refractivity (Wildman–Crippen MR) is 90.8 cm³/mol. The van der Waals surface area contributed by atoms with E-state index in [2.05, 4.69) is 41.8 Å². The maximum atomic E-state index is 5.74. The summed E-state index contributed by atoms with van der Waals surface area (Å²) in [5.74, 6) is 1.60. The van der Waals surface area contributed by atoms with Gasteiger partial charge in [0.25, 0.3) is 0 Å². The molecule has 0 radical (unpaired) electrons. The van der Waals surface area contributed by atoms with Gasteiger partial charge < -0.3 is 14.8 Å². The molecule has 0 heterocycles. The van der Waals surface area contributed by atoms with Gasteiger partial charge in [0.15, 0.2) is 0 Å². The van der Waals surface area contributed by atoms with Gasteiger partial charge in [0.05, 0.1) is 7.11 Å². The number of ether oxygens (including phenoxy) is 2. The van der Waals surface area contributed by atoms with Crippen LogP contribution in [0.3, 0.4) is 0 Å². The first-order valence-corrected chi connectivity index (χ1v) is 7.40. The third kappa shape index (κ3) is 3.92. The van der Waals surface area contributed by atoms with Crippen molar-refractivity contribution in [2.24, 2.45) is 0 Å². The molecule has 22 heavy (non-hydrogen) atoms. The smallest absolute Gasteiger partial charge is 0.148 e. The summed E-state index contributed by atoms with van der Waals surface area (Å²) in [6.07, 6.45) is 0. The van der Waals surface area contributed by atoms with Gasteiger partial charge in [-0.3, -0.25) is 5.32 Å². The molecule has 0 amide bonds. The largest absolute Gasteiger partial charge is 0.494 e. The number of benzene rings is 2. The molecule has 118 valence electrons. The summed E-state index contributed by atoms with van der Waals surface area (Å²) >= 11 is 0. The van der Waals surface area contributed by atoms with Crippen LogP contribution in [0.25, 0.3) is 0 Å². The average Bonchev–Trinajstić information content (AvgIpc) is 2.53. The molecule has 0 spiro atoms. The van der Waals surface area contributed by atoms with E-state index >= 15 is 0 Å². The molecule has 0 aliphatic carbocycles. The SMILES string of the molecule is CNCOc1ccc(C)c(OC)c1NCc1ccc(C)cc1. The lowest BCUT2D eigenvalue weighted by Crippen LogP contribution is -2.15. The van der Waals surface area contributed by atoms with Crippen LogP contribution in [0, 0.1) is 13.8 Å². The molecule has 0 bridgehead atoms. The van der Waals surface area contributed by atoms with Crippen LogP contribution in [-0.2, 0) is 6.54 Å². The van der Waals surface area contributed by atoms with Gasteiger partial charge in [-0.05, 0) is 38.1 Å². The van der Waals surface area contributed by atoms with Gasteiger partial charge in [-0.15, -0.1) is 0 Å². The van der Waals surface area contributed by atoms with Crippen LogP contribution in [0.1, 0.15) is 16.7 Å². The fourth-order valence-electron chi connectivity index (χ4n) is 2.27. The summed E-state index contributed by atoms with van der Waals surface area (Å²) < 4.78 is 11.3. The first-order valence-electron chi connectivity index (χ1n) is 7.40. The molecule has 0 aliphatic heterocycles. The highest BCUT2D eigenvalue weighted by atomic mass is 16.5. The minimum Gasteiger partial charge on any atom is -0.494 e. The lowest BCUT2D eigenvalue weighted by molar-refractivity contribution is 0.295. The quantitative estimate of drug-likeness (QED) is 0.768. The van der Waals surface area contributed by atoms with Crippen molar-refractivity contribution in [1.29, 1.82) is 0 Å². The summed E-state index contributed by atoms with van der Waals surface area (Å²) in [5.41, 5.74) is 4.44. The molecule has 2 N–H and O–H groups in total. The van der Waals surface area contributed by atoms with Crippen LogP contribution in [-0.4, -0.2) is 20.9 Å². The van der Waals surface area contributed by atoms with Crippen molar-refractivity contribution in [1.82, 2.24) is 5.32 Å². The Kier molecular flexibility index (Phi) is 5.67. The average molecular weight is 300 g/mol. The number of anilines is 1. The highest BCUT2D eigenvalue weighted by Gasteiger charge is 2.13. The first kappa shape index (κ1) is 16.2. The summed E-state index contributed by atoms with van der Waals surface area (Å²) in [7, 11) is 3.53. The van der Waals surface area contributed by atoms with Gasteiger partial charge >= 0.3 is 0 Å². The molecule has 2 aromatic carbocycles. The Bertz CT molecular complexity index is 609. The standard InChI is InChI=1S/C18H24N2O2/c1-13-5-8-15(9-6-13)11-20-17-16(22-12-19-3)10-7-14(2)18(17)21-4/h5-10,19-20H,11-12H2,1-4H3. The second-order valence-corrected chi connectivity index (χ2v) is 5.27. The van der Waals surface area contributed by atoms with Crippen LogP contribution in [0.2, 0.25) is 0 Å². The molecular formula is C18H24N2O2. The highest BCUT2D eigenvalue weighted by molar-refractivity contribution is 5.69. The number of nitrogens with one attached hydrogen (secondary N) is 2. The van der Waals surface area contributed by atoms with Gasteiger partial charge in [0.2, 0.25) is 0 Å². The van der Waals surface area contributed by atoms with E-state index in [1.54, 1.807) is 7.11 Å². The first-order chi connectivity index (χ1) is 10.7.